The summed E-state index contributed by atoms with van der Waals surface area (Å²) < 4.78 is 0. The molecule has 0 N–H and O–H groups in total. The SMILES string of the molecule is CC1CC1C(=O)N1CCCN(CC(=O)N2CCCC2)CC1. The van der Waals surface area contributed by atoms with E-state index in [9.17, 15) is 9.59 Å². The second-order valence-corrected chi connectivity index (χ2v) is 6.86. The highest BCUT2D eigenvalue weighted by Gasteiger charge is 2.41. The fourth-order valence-corrected chi connectivity index (χ4v) is 3.51. The lowest BCUT2D eigenvalue weighted by Crippen LogP contribution is -2.41. The van der Waals surface area contributed by atoms with Crippen LogP contribution < -0.4 is 0 Å². The standard InChI is InChI=1S/C16H27N3O2/c1-13-11-14(13)16(21)19-8-4-5-17(9-10-19)12-15(20)18-6-2-3-7-18/h13-14H,2-12H2,1H3. The van der Waals surface area contributed by atoms with E-state index in [1.165, 1.54) is 0 Å². The fourth-order valence-electron chi connectivity index (χ4n) is 3.51. The van der Waals surface area contributed by atoms with Gasteiger partial charge < -0.3 is 9.80 Å². The lowest BCUT2D eigenvalue weighted by molar-refractivity contribution is -0.132. The lowest BCUT2D eigenvalue weighted by Gasteiger charge is -2.24. The molecule has 3 aliphatic rings. The van der Waals surface area contributed by atoms with Gasteiger partial charge in [0.2, 0.25) is 11.8 Å². The third-order valence-electron chi connectivity index (χ3n) is 5.14. The zero-order valence-electron chi connectivity index (χ0n) is 13.1. The van der Waals surface area contributed by atoms with Crippen LogP contribution >= 0.6 is 0 Å². The van der Waals surface area contributed by atoms with Gasteiger partial charge in [0, 0.05) is 45.2 Å². The van der Waals surface area contributed by atoms with Gasteiger partial charge in [-0.2, -0.15) is 0 Å². The summed E-state index contributed by atoms with van der Waals surface area (Å²) in [7, 11) is 0. The number of hydrogen-bond donors (Lipinski definition) is 0. The second kappa shape index (κ2) is 6.34. The summed E-state index contributed by atoms with van der Waals surface area (Å²) in [4.78, 5) is 30.7. The van der Waals surface area contributed by atoms with Gasteiger partial charge in [0.1, 0.15) is 0 Å². The van der Waals surface area contributed by atoms with Crippen LogP contribution in [0.15, 0.2) is 0 Å². The molecule has 2 amide bonds. The predicted molar refractivity (Wildman–Crippen MR) is 80.7 cm³/mol. The molecule has 2 unspecified atom stereocenters. The molecule has 2 atom stereocenters. The minimum Gasteiger partial charge on any atom is -0.342 e. The van der Waals surface area contributed by atoms with Crippen molar-refractivity contribution < 1.29 is 9.59 Å². The summed E-state index contributed by atoms with van der Waals surface area (Å²) >= 11 is 0. The molecule has 1 aliphatic carbocycles. The van der Waals surface area contributed by atoms with Crippen LogP contribution in [0.3, 0.4) is 0 Å². The van der Waals surface area contributed by atoms with E-state index >= 15 is 0 Å². The van der Waals surface area contributed by atoms with Crippen LogP contribution in [-0.2, 0) is 9.59 Å². The summed E-state index contributed by atoms with van der Waals surface area (Å²) in [6, 6.07) is 0. The van der Waals surface area contributed by atoms with Gasteiger partial charge in [-0.1, -0.05) is 6.92 Å². The van der Waals surface area contributed by atoms with Crippen molar-refractivity contribution in [1.82, 2.24) is 14.7 Å². The van der Waals surface area contributed by atoms with Crippen LogP contribution in [0.5, 0.6) is 0 Å². The molecular formula is C16H27N3O2. The van der Waals surface area contributed by atoms with Crippen molar-refractivity contribution in [2.75, 3.05) is 45.8 Å². The molecule has 5 heteroatoms. The summed E-state index contributed by atoms with van der Waals surface area (Å²) in [5.74, 6) is 1.47. The predicted octanol–water partition coefficient (Wildman–Crippen LogP) is 0.799. The van der Waals surface area contributed by atoms with E-state index in [-0.39, 0.29) is 11.8 Å². The zero-order valence-corrected chi connectivity index (χ0v) is 13.1. The highest BCUT2D eigenvalue weighted by molar-refractivity contribution is 5.81. The van der Waals surface area contributed by atoms with E-state index in [1.807, 2.05) is 9.80 Å². The Morgan fingerprint density at radius 2 is 1.57 bits per heavy atom. The summed E-state index contributed by atoms with van der Waals surface area (Å²) in [5, 5.41) is 0. The van der Waals surface area contributed by atoms with E-state index in [4.69, 9.17) is 0 Å². The number of carbonyl (C=O) groups is 2. The molecule has 0 bridgehead atoms. The number of hydrogen-bond acceptors (Lipinski definition) is 3. The Labute approximate surface area is 127 Å². The first kappa shape index (κ1) is 14.8. The number of amides is 2. The molecule has 0 aromatic heterocycles. The van der Waals surface area contributed by atoms with Gasteiger partial charge in [-0.05, 0) is 31.6 Å². The Morgan fingerprint density at radius 1 is 0.905 bits per heavy atom. The van der Waals surface area contributed by atoms with Crippen molar-refractivity contribution in [2.45, 2.75) is 32.6 Å². The van der Waals surface area contributed by atoms with Gasteiger partial charge in [-0.15, -0.1) is 0 Å². The molecule has 5 nitrogen and oxygen atoms in total. The molecule has 3 fully saturated rings. The first-order chi connectivity index (χ1) is 10.1. The molecule has 2 heterocycles. The Bertz CT molecular complexity index is 406. The minimum absolute atomic E-state index is 0.267. The lowest BCUT2D eigenvalue weighted by atomic mass is 10.3. The molecule has 1 saturated carbocycles. The van der Waals surface area contributed by atoms with E-state index < -0.39 is 0 Å². The average Bonchev–Trinajstić information content (AvgIpc) is 3.03. The molecule has 0 aromatic rings. The van der Waals surface area contributed by atoms with Crippen molar-refractivity contribution in [1.29, 1.82) is 0 Å². The Hall–Kier alpha value is -1.10. The topological polar surface area (TPSA) is 43.9 Å². The maximum atomic E-state index is 12.3. The van der Waals surface area contributed by atoms with Gasteiger partial charge in [0.25, 0.3) is 0 Å². The van der Waals surface area contributed by atoms with E-state index in [0.717, 1.165) is 65.0 Å². The van der Waals surface area contributed by atoms with Crippen molar-refractivity contribution in [3.63, 3.8) is 0 Å². The summed E-state index contributed by atoms with van der Waals surface area (Å²) in [6.45, 7) is 7.96. The number of rotatable bonds is 3. The van der Waals surface area contributed by atoms with Crippen LogP contribution in [0.2, 0.25) is 0 Å². The molecule has 2 saturated heterocycles. The van der Waals surface area contributed by atoms with Gasteiger partial charge in [-0.25, -0.2) is 0 Å². The fraction of sp³-hybridized carbons (Fsp3) is 0.875. The molecule has 2 aliphatic heterocycles. The third-order valence-corrected chi connectivity index (χ3v) is 5.14. The van der Waals surface area contributed by atoms with Crippen molar-refractivity contribution >= 4 is 11.8 Å². The zero-order chi connectivity index (χ0) is 14.8. The van der Waals surface area contributed by atoms with Gasteiger partial charge >= 0.3 is 0 Å². The molecule has 0 spiro atoms. The average molecular weight is 293 g/mol. The van der Waals surface area contributed by atoms with Crippen LogP contribution in [0.4, 0.5) is 0 Å². The maximum Gasteiger partial charge on any atom is 0.236 e. The Morgan fingerprint density at radius 3 is 2.24 bits per heavy atom. The van der Waals surface area contributed by atoms with Crippen LogP contribution in [0.25, 0.3) is 0 Å². The monoisotopic (exact) mass is 293 g/mol. The normalized spacial score (nSPS) is 30.3. The Balaban J connectivity index is 1.46. The van der Waals surface area contributed by atoms with Crippen LogP contribution in [0.1, 0.15) is 32.6 Å². The molecule has 21 heavy (non-hydrogen) atoms. The minimum atomic E-state index is 0.267. The van der Waals surface area contributed by atoms with Crippen LogP contribution in [0, 0.1) is 11.8 Å². The van der Waals surface area contributed by atoms with Gasteiger partial charge in [0.15, 0.2) is 0 Å². The van der Waals surface area contributed by atoms with E-state index in [2.05, 4.69) is 11.8 Å². The second-order valence-electron chi connectivity index (χ2n) is 6.86. The summed E-state index contributed by atoms with van der Waals surface area (Å²) in [6.07, 6.45) is 4.34. The van der Waals surface area contributed by atoms with Gasteiger partial charge in [-0.3, -0.25) is 14.5 Å². The first-order valence-corrected chi connectivity index (χ1v) is 8.44. The highest BCUT2D eigenvalue weighted by Crippen LogP contribution is 2.39. The first-order valence-electron chi connectivity index (χ1n) is 8.44. The quantitative estimate of drug-likeness (QED) is 0.773. The summed E-state index contributed by atoms with van der Waals surface area (Å²) in [5.41, 5.74) is 0. The van der Waals surface area contributed by atoms with E-state index in [0.29, 0.717) is 18.4 Å². The van der Waals surface area contributed by atoms with E-state index in [1.54, 1.807) is 0 Å². The molecule has 118 valence electrons. The number of likely N-dealkylation sites (tertiary alicyclic amines) is 1. The van der Waals surface area contributed by atoms with Crippen molar-refractivity contribution in [3.8, 4) is 0 Å². The maximum absolute atomic E-state index is 12.3. The smallest absolute Gasteiger partial charge is 0.236 e. The third kappa shape index (κ3) is 3.57. The number of nitrogens with zero attached hydrogens (tertiary/aromatic N) is 3. The van der Waals surface area contributed by atoms with Crippen LogP contribution in [-0.4, -0.2) is 72.3 Å². The molecule has 0 aromatic carbocycles. The van der Waals surface area contributed by atoms with Crippen molar-refractivity contribution in [3.05, 3.63) is 0 Å². The molecular weight excluding hydrogens is 266 g/mol. The molecule has 3 rings (SSSR count). The number of carbonyl (C=O) groups excluding carboxylic acids is 2. The molecule has 0 radical (unpaired) electrons. The Kier molecular flexibility index (Phi) is 4.48. The largest absolute Gasteiger partial charge is 0.342 e. The highest BCUT2D eigenvalue weighted by atomic mass is 16.2. The van der Waals surface area contributed by atoms with Crippen molar-refractivity contribution in [2.24, 2.45) is 11.8 Å². The van der Waals surface area contributed by atoms with Gasteiger partial charge in [0.05, 0.1) is 6.54 Å².